The summed E-state index contributed by atoms with van der Waals surface area (Å²) in [5.74, 6) is -0.371. The van der Waals surface area contributed by atoms with Gasteiger partial charge in [0.15, 0.2) is 0 Å². The third-order valence-electron chi connectivity index (χ3n) is 2.12. The molecular weight excluding hydrogens is 204 g/mol. The number of ether oxygens (including phenoxy) is 1. The summed E-state index contributed by atoms with van der Waals surface area (Å²) in [7, 11) is 1.64. The molecule has 0 radical (unpaired) electrons. The molecule has 4 heteroatoms. The summed E-state index contributed by atoms with van der Waals surface area (Å²) in [4.78, 5) is 11.3. The van der Waals surface area contributed by atoms with E-state index in [-0.39, 0.29) is 19.0 Å². The highest BCUT2D eigenvalue weighted by Crippen LogP contribution is 2.02. The highest BCUT2D eigenvalue weighted by molar-refractivity contribution is 5.70. The van der Waals surface area contributed by atoms with Crippen LogP contribution in [-0.4, -0.2) is 19.1 Å². The number of nitrogens with one attached hydrogen (secondary N) is 1. The van der Waals surface area contributed by atoms with Crippen LogP contribution in [0.3, 0.4) is 0 Å². The van der Waals surface area contributed by atoms with Crippen LogP contribution in [0.5, 0.6) is 0 Å². The van der Waals surface area contributed by atoms with E-state index in [0.29, 0.717) is 0 Å². The van der Waals surface area contributed by atoms with E-state index in [1.165, 1.54) is 0 Å². The molecule has 1 unspecified atom stereocenters. The second-order valence-electron chi connectivity index (χ2n) is 3.32. The smallest absolute Gasteiger partial charge is 0.308 e. The van der Waals surface area contributed by atoms with E-state index in [0.717, 1.165) is 5.56 Å². The maximum absolute atomic E-state index is 11.3. The molecule has 1 N–H and O–H groups in total. The molecule has 1 aromatic rings. The number of nitriles is 1. The number of rotatable bonds is 5. The van der Waals surface area contributed by atoms with Crippen molar-refractivity contribution < 1.29 is 9.53 Å². The van der Waals surface area contributed by atoms with Crippen molar-refractivity contribution in [3.8, 4) is 6.07 Å². The second-order valence-corrected chi connectivity index (χ2v) is 3.32. The van der Waals surface area contributed by atoms with Gasteiger partial charge in [-0.1, -0.05) is 30.3 Å². The van der Waals surface area contributed by atoms with Crippen LogP contribution < -0.4 is 5.32 Å². The Balaban J connectivity index is 2.34. The maximum atomic E-state index is 11.3. The van der Waals surface area contributed by atoms with Gasteiger partial charge in [-0.05, 0) is 12.6 Å². The molecule has 0 aliphatic rings. The Bertz CT molecular complexity index is 370. The average molecular weight is 218 g/mol. The Morgan fingerprint density at radius 1 is 1.50 bits per heavy atom. The fourth-order valence-electron chi connectivity index (χ4n) is 1.18. The zero-order valence-corrected chi connectivity index (χ0v) is 9.14. The zero-order valence-electron chi connectivity index (χ0n) is 9.14. The van der Waals surface area contributed by atoms with Crippen molar-refractivity contribution in [3.05, 3.63) is 35.9 Å². The van der Waals surface area contributed by atoms with Crippen molar-refractivity contribution in [2.45, 2.75) is 19.1 Å². The van der Waals surface area contributed by atoms with Crippen LogP contribution in [0.15, 0.2) is 30.3 Å². The van der Waals surface area contributed by atoms with E-state index in [1.807, 2.05) is 36.4 Å². The van der Waals surface area contributed by atoms with Crippen LogP contribution in [0.4, 0.5) is 0 Å². The van der Waals surface area contributed by atoms with Gasteiger partial charge >= 0.3 is 5.97 Å². The molecule has 16 heavy (non-hydrogen) atoms. The minimum Gasteiger partial charge on any atom is -0.461 e. The summed E-state index contributed by atoms with van der Waals surface area (Å²) < 4.78 is 5.03. The number of carbonyl (C=O) groups excluding carboxylic acids is 1. The molecule has 0 heterocycles. The normalized spacial score (nSPS) is 11.5. The molecule has 0 bridgehead atoms. The molecule has 1 rings (SSSR count). The molecular formula is C12H14N2O2. The van der Waals surface area contributed by atoms with Crippen LogP contribution in [-0.2, 0) is 16.1 Å². The molecule has 0 fully saturated rings. The fourth-order valence-corrected chi connectivity index (χ4v) is 1.18. The molecule has 84 valence electrons. The van der Waals surface area contributed by atoms with Crippen molar-refractivity contribution in [2.75, 3.05) is 7.05 Å². The predicted molar refractivity (Wildman–Crippen MR) is 59.3 cm³/mol. The van der Waals surface area contributed by atoms with Gasteiger partial charge in [0.2, 0.25) is 0 Å². The van der Waals surface area contributed by atoms with Gasteiger partial charge in [0.05, 0.1) is 12.5 Å². The number of carbonyl (C=O) groups is 1. The largest absolute Gasteiger partial charge is 0.461 e. The van der Waals surface area contributed by atoms with Gasteiger partial charge in [-0.15, -0.1) is 0 Å². The van der Waals surface area contributed by atoms with Gasteiger partial charge in [-0.3, -0.25) is 4.79 Å². The molecule has 0 spiro atoms. The number of esters is 1. The Kier molecular flexibility index (Phi) is 5.03. The van der Waals surface area contributed by atoms with Crippen molar-refractivity contribution in [3.63, 3.8) is 0 Å². The Labute approximate surface area is 94.8 Å². The lowest BCUT2D eigenvalue weighted by Gasteiger charge is -2.07. The topological polar surface area (TPSA) is 62.1 Å². The summed E-state index contributed by atoms with van der Waals surface area (Å²) in [6, 6.07) is 10.9. The summed E-state index contributed by atoms with van der Waals surface area (Å²) in [5.41, 5.74) is 0.939. The minimum atomic E-state index is -0.483. The van der Waals surface area contributed by atoms with Crippen LogP contribution in [0.1, 0.15) is 12.0 Å². The lowest BCUT2D eigenvalue weighted by Crippen LogP contribution is -2.27. The van der Waals surface area contributed by atoms with Gasteiger partial charge in [-0.2, -0.15) is 5.26 Å². The highest BCUT2D eigenvalue weighted by Gasteiger charge is 2.11. The Morgan fingerprint density at radius 2 is 2.19 bits per heavy atom. The Hall–Kier alpha value is -1.86. The number of hydrogen-bond acceptors (Lipinski definition) is 4. The molecule has 1 atom stereocenters. The van der Waals surface area contributed by atoms with Gasteiger partial charge in [-0.25, -0.2) is 0 Å². The van der Waals surface area contributed by atoms with E-state index >= 15 is 0 Å². The minimum absolute atomic E-state index is 0.0693. The standard InChI is InChI=1S/C12H14N2O2/c1-14-11(8-13)7-12(15)16-9-10-5-3-2-4-6-10/h2-6,11,14H,7,9H2,1H3. The first-order valence-electron chi connectivity index (χ1n) is 5.02. The summed E-state index contributed by atoms with van der Waals surface area (Å²) >= 11 is 0. The van der Waals surface area contributed by atoms with Gasteiger partial charge < -0.3 is 10.1 Å². The monoisotopic (exact) mass is 218 g/mol. The zero-order chi connectivity index (χ0) is 11.8. The number of nitrogens with zero attached hydrogens (tertiary/aromatic N) is 1. The number of hydrogen-bond donors (Lipinski definition) is 1. The van der Waals surface area contributed by atoms with E-state index in [2.05, 4.69) is 5.32 Å². The average Bonchev–Trinajstić information content (AvgIpc) is 2.34. The molecule has 0 saturated heterocycles. The highest BCUT2D eigenvalue weighted by atomic mass is 16.5. The third-order valence-corrected chi connectivity index (χ3v) is 2.12. The summed E-state index contributed by atoms with van der Waals surface area (Å²) in [6.45, 7) is 0.252. The number of benzene rings is 1. The van der Waals surface area contributed by atoms with Gasteiger partial charge in [0, 0.05) is 0 Å². The van der Waals surface area contributed by atoms with Crippen LogP contribution in [0.2, 0.25) is 0 Å². The molecule has 4 nitrogen and oxygen atoms in total. The Morgan fingerprint density at radius 3 is 2.75 bits per heavy atom. The van der Waals surface area contributed by atoms with E-state index in [1.54, 1.807) is 7.05 Å². The predicted octanol–water partition coefficient (Wildman–Crippen LogP) is 1.23. The van der Waals surface area contributed by atoms with Crippen LogP contribution in [0, 0.1) is 11.3 Å². The van der Waals surface area contributed by atoms with Gasteiger partial charge in [0.25, 0.3) is 0 Å². The molecule has 0 amide bonds. The second kappa shape index (κ2) is 6.59. The molecule has 0 aromatic heterocycles. The fraction of sp³-hybridized carbons (Fsp3) is 0.333. The first-order chi connectivity index (χ1) is 7.76. The van der Waals surface area contributed by atoms with Crippen LogP contribution in [0.25, 0.3) is 0 Å². The van der Waals surface area contributed by atoms with Crippen molar-refractivity contribution >= 4 is 5.97 Å². The van der Waals surface area contributed by atoms with Gasteiger partial charge in [0.1, 0.15) is 12.6 Å². The van der Waals surface area contributed by atoms with E-state index < -0.39 is 6.04 Å². The lowest BCUT2D eigenvalue weighted by molar-refractivity contribution is -0.145. The SMILES string of the molecule is CNC(C#N)CC(=O)OCc1ccccc1. The van der Waals surface area contributed by atoms with Crippen molar-refractivity contribution in [1.82, 2.24) is 5.32 Å². The quantitative estimate of drug-likeness (QED) is 0.755. The molecule has 0 saturated carbocycles. The third kappa shape index (κ3) is 4.11. The van der Waals surface area contributed by atoms with Crippen molar-refractivity contribution in [1.29, 1.82) is 5.26 Å². The molecule has 0 aliphatic heterocycles. The van der Waals surface area contributed by atoms with E-state index in [9.17, 15) is 4.79 Å². The summed E-state index contributed by atoms with van der Waals surface area (Å²) in [5, 5.41) is 11.4. The van der Waals surface area contributed by atoms with Crippen molar-refractivity contribution in [2.24, 2.45) is 0 Å². The maximum Gasteiger partial charge on any atom is 0.308 e. The van der Waals surface area contributed by atoms with Crippen LogP contribution >= 0.6 is 0 Å². The van der Waals surface area contributed by atoms with E-state index in [4.69, 9.17) is 10.00 Å². The summed E-state index contributed by atoms with van der Waals surface area (Å²) in [6.07, 6.45) is 0.0693. The lowest BCUT2D eigenvalue weighted by atomic mass is 10.2. The first-order valence-corrected chi connectivity index (χ1v) is 5.02. The molecule has 1 aromatic carbocycles. The first kappa shape index (κ1) is 12.2. The molecule has 0 aliphatic carbocycles.